The summed E-state index contributed by atoms with van der Waals surface area (Å²) in [5.41, 5.74) is 1.57. The first-order valence-corrected chi connectivity index (χ1v) is 7.05. The summed E-state index contributed by atoms with van der Waals surface area (Å²) in [5, 5.41) is 22.8. The van der Waals surface area contributed by atoms with Gasteiger partial charge in [0.1, 0.15) is 17.5 Å². The fraction of sp³-hybridized carbons (Fsp3) is 0.400. The van der Waals surface area contributed by atoms with Crippen molar-refractivity contribution >= 4 is 5.91 Å². The maximum Gasteiger partial charge on any atom is 0.270 e. The summed E-state index contributed by atoms with van der Waals surface area (Å²) >= 11 is 0. The minimum absolute atomic E-state index is 0.0818. The van der Waals surface area contributed by atoms with Crippen LogP contribution in [0.1, 0.15) is 27.5 Å². The Labute approximate surface area is 127 Å². The average molecular weight is 300 g/mol. The van der Waals surface area contributed by atoms with Crippen molar-refractivity contribution in [3.05, 3.63) is 41.0 Å². The van der Waals surface area contributed by atoms with Crippen LogP contribution in [0.4, 0.5) is 0 Å². The number of hydrogen-bond donors (Lipinski definition) is 2. The minimum Gasteiger partial charge on any atom is -0.391 e. The number of aliphatic hydroxyl groups excluding tert-OH is 1. The molecule has 2 atom stereocenters. The molecule has 2 N–H and O–H groups in total. The minimum atomic E-state index is -0.597. The summed E-state index contributed by atoms with van der Waals surface area (Å²) in [6.07, 6.45) is 1.44. The van der Waals surface area contributed by atoms with Gasteiger partial charge in [-0.1, -0.05) is 5.16 Å². The molecule has 7 nitrogen and oxygen atoms in total. The van der Waals surface area contributed by atoms with Crippen molar-refractivity contribution in [2.45, 2.75) is 19.4 Å². The van der Waals surface area contributed by atoms with E-state index in [1.165, 1.54) is 12.3 Å². The van der Waals surface area contributed by atoms with Crippen molar-refractivity contribution < 1.29 is 14.4 Å². The Hall–Kier alpha value is -2.59. The molecule has 7 heteroatoms. The Morgan fingerprint density at radius 1 is 1.59 bits per heavy atom. The molecule has 0 spiro atoms. The Kier molecular flexibility index (Phi) is 3.69. The molecule has 2 aromatic heterocycles. The number of carbonyl (C=O) groups is 1. The third-order valence-corrected chi connectivity index (χ3v) is 3.88. The van der Waals surface area contributed by atoms with Gasteiger partial charge in [0.2, 0.25) is 0 Å². The first-order valence-electron chi connectivity index (χ1n) is 7.05. The predicted octanol–water partition coefficient (Wildman–Crippen LogP) is 0.858. The van der Waals surface area contributed by atoms with Gasteiger partial charge in [-0.05, 0) is 13.0 Å². The van der Waals surface area contributed by atoms with Gasteiger partial charge in [0.05, 0.1) is 17.4 Å². The average Bonchev–Trinajstić information content (AvgIpc) is 3.20. The van der Waals surface area contributed by atoms with E-state index in [-0.39, 0.29) is 18.4 Å². The Morgan fingerprint density at radius 2 is 2.41 bits per heavy atom. The van der Waals surface area contributed by atoms with Crippen LogP contribution in [0.25, 0.3) is 0 Å². The van der Waals surface area contributed by atoms with E-state index in [1.807, 2.05) is 19.1 Å². The Bertz CT molecular complexity index is 727. The summed E-state index contributed by atoms with van der Waals surface area (Å²) in [6.45, 7) is 2.56. The maximum atomic E-state index is 12.4. The number of aryl methyl sites for hydroxylation is 1. The number of nitriles is 1. The number of H-pyrrole nitrogens is 1. The molecule has 1 aliphatic rings. The van der Waals surface area contributed by atoms with Crippen LogP contribution in [-0.2, 0) is 6.42 Å². The number of aromatic amines is 1. The third kappa shape index (κ3) is 2.73. The number of rotatable bonds is 3. The second-order valence-corrected chi connectivity index (χ2v) is 5.59. The van der Waals surface area contributed by atoms with E-state index in [9.17, 15) is 9.90 Å². The van der Waals surface area contributed by atoms with Crippen LogP contribution in [0, 0.1) is 24.2 Å². The van der Waals surface area contributed by atoms with Crippen LogP contribution in [0.2, 0.25) is 0 Å². The molecule has 2 aromatic rings. The zero-order valence-corrected chi connectivity index (χ0v) is 12.1. The van der Waals surface area contributed by atoms with Gasteiger partial charge < -0.3 is 19.5 Å². The molecule has 0 aliphatic carbocycles. The molecule has 3 heterocycles. The molecule has 1 aliphatic heterocycles. The SMILES string of the molecule is Cc1cc(C[C@@H]2CN(C(=O)c3cc(C#N)c[nH]3)C[C@@H]2O)on1. The normalized spacial score (nSPS) is 21.0. The highest BCUT2D eigenvalue weighted by molar-refractivity contribution is 5.93. The molecule has 114 valence electrons. The van der Waals surface area contributed by atoms with Crippen LogP contribution >= 0.6 is 0 Å². The van der Waals surface area contributed by atoms with E-state index in [1.54, 1.807) is 4.90 Å². The fourth-order valence-electron chi connectivity index (χ4n) is 2.74. The summed E-state index contributed by atoms with van der Waals surface area (Å²) in [6, 6.07) is 5.33. The smallest absolute Gasteiger partial charge is 0.270 e. The molecule has 0 bridgehead atoms. The van der Waals surface area contributed by atoms with Crippen molar-refractivity contribution in [2.24, 2.45) is 5.92 Å². The highest BCUT2D eigenvalue weighted by Crippen LogP contribution is 2.23. The van der Waals surface area contributed by atoms with Crippen molar-refractivity contribution in [1.29, 1.82) is 5.26 Å². The van der Waals surface area contributed by atoms with Gasteiger partial charge in [-0.2, -0.15) is 5.26 Å². The van der Waals surface area contributed by atoms with E-state index in [2.05, 4.69) is 10.1 Å². The van der Waals surface area contributed by atoms with Gasteiger partial charge in [0, 0.05) is 37.7 Å². The maximum absolute atomic E-state index is 12.4. The van der Waals surface area contributed by atoms with Gasteiger partial charge in [0.25, 0.3) is 5.91 Å². The van der Waals surface area contributed by atoms with Gasteiger partial charge in [-0.25, -0.2) is 0 Å². The van der Waals surface area contributed by atoms with Crippen LogP contribution in [0.5, 0.6) is 0 Å². The number of nitrogens with one attached hydrogen (secondary N) is 1. The fourth-order valence-corrected chi connectivity index (χ4v) is 2.74. The van der Waals surface area contributed by atoms with Crippen molar-refractivity contribution in [3.63, 3.8) is 0 Å². The Balaban J connectivity index is 1.67. The second kappa shape index (κ2) is 5.66. The third-order valence-electron chi connectivity index (χ3n) is 3.88. The lowest BCUT2D eigenvalue weighted by Gasteiger charge is -2.14. The van der Waals surface area contributed by atoms with Crippen LogP contribution in [-0.4, -0.2) is 45.2 Å². The lowest BCUT2D eigenvalue weighted by Crippen LogP contribution is -2.29. The van der Waals surface area contributed by atoms with Crippen LogP contribution in [0.3, 0.4) is 0 Å². The van der Waals surface area contributed by atoms with E-state index in [4.69, 9.17) is 9.78 Å². The number of amides is 1. The van der Waals surface area contributed by atoms with Gasteiger partial charge >= 0.3 is 0 Å². The second-order valence-electron chi connectivity index (χ2n) is 5.59. The number of aliphatic hydroxyl groups is 1. The summed E-state index contributed by atoms with van der Waals surface area (Å²) in [5.74, 6) is 0.418. The molecular weight excluding hydrogens is 284 g/mol. The molecule has 3 rings (SSSR count). The first kappa shape index (κ1) is 14.4. The highest BCUT2D eigenvalue weighted by atomic mass is 16.5. The standard InChI is InChI=1S/C15H16N4O3/c1-9-2-12(22-18-9)4-11-7-19(8-14(11)20)15(21)13-3-10(5-16)6-17-13/h2-3,6,11,14,17,20H,4,7-8H2,1H3/t11-,14+/m1/s1. The zero-order valence-electron chi connectivity index (χ0n) is 12.1. The zero-order chi connectivity index (χ0) is 15.7. The lowest BCUT2D eigenvalue weighted by atomic mass is 10.0. The first-order chi connectivity index (χ1) is 10.6. The number of carbonyl (C=O) groups excluding carboxylic acids is 1. The monoisotopic (exact) mass is 300 g/mol. The molecular formula is C15H16N4O3. The van der Waals surface area contributed by atoms with Crippen molar-refractivity contribution in [1.82, 2.24) is 15.0 Å². The topological polar surface area (TPSA) is 106 Å². The number of likely N-dealkylation sites (tertiary alicyclic amines) is 1. The molecule has 0 unspecified atom stereocenters. The summed E-state index contributed by atoms with van der Waals surface area (Å²) in [7, 11) is 0. The van der Waals surface area contributed by atoms with Crippen LogP contribution in [0.15, 0.2) is 22.9 Å². The van der Waals surface area contributed by atoms with Crippen molar-refractivity contribution in [2.75, 3.05) is 13.1 Å². The predicted molar refractivity (Wildman–Crippen MR) is 75.9 cm³/mol. The number of nitrogens with zero attached hydrogens (tertiary/aromatic N) is 3. The molecule has 1 saturated heterocycles. The number of hydrogen-bond acceptors (Lipinski definition) is 5. The van der Waals surface area contributed by atoms with Crippen molar-refractivity contribution in [3.8, 4) is 6.07 Å². The summed E-state index contributed by atoms with van der Waals surface area (Å²) < 4.78 is 5.17. The lowest BCUT2D eigenvalue weighted by molar-refractivity contribution is 0.0759. The molecule has 0 aromatic carbocycles. The van der Waals surface area contributed by atoms with Gasteiger partial charge in [0.15, 0.2) is 0 Å². The van der Waals surface area contributed by atoms with E-state index in [0.717, 1.165) is 5.69 Å². The van der Waals surface area contributed by atoms with E-state index >= 15 is 0 Å². The van der Waals surface area contributed by atoms with Crippen LogP contribution < -0.4 is 0 Å². The number of aromatic nitrogens is 2. The highest BCUT2D eigenvalue weighted by Gasteiger charge is 2.35. The molecule has 22 heavy (non-hydrogen) atoms. The van der Waals surface area contributed by atoms with E-state index < -0.39 is 6.10 Å². The van der Waals surface area contributed by atoms with Gasteiger partial charge in [-0.3, -0.25) is 4.79 Å². The van der Waals surface area contributed by atoms with E-state index in [0.29, 0.717) is 30.0 Å². The largest absolute Gasteiger partial charge is 0.391 e. The molecule has 1 amide bonds. The van der Waals surface area contributed by atoms with Gasteiger partial charge in [-0.15, -0.1) is 0 Å². The molecule has 1 fully saturated rings. The quantitative estimate of drug-likeness (QED) is 0.874. The summed E-state index contributed by atoms with van der Waals surface area (Å²) in [4.78, 5) is 16.7. The molecule has 0 saturated carbocycles. The number of β-amino-alcohol motifs (C(OH)–C–C–N with tert-alkyl or cyclic N) is 1. The Morgan fingerprint density at radius 3 is 3.05 bits per heavy atom. The molecule has 0 radical (unpaired) electrons.